The first kappa shape index (κ1) is 15.0. The maximum Gasteiger partial charge on any atom is 0.356 e. The number of aryl methyl sites for hydroxylation is 1. The van der Waals surface area contributed by atoms with Crippen LogP contribution in [0.2, 0.25) is 0 Å². The minimum atomic E-state index is -0.476. The molecule has 4 heteroatoms. The van der Waals surface area contributed by atoms with Crippen molar-refractivity contribution in [1.29, 1.82) is 0 Å². The van der Waals surface area contributed by atoms with Crippen LogP contribution in [0.5, 0.6) is 5.75 Å². The van der Waals surface area contributed by atoms with Gasteiger partial charge in [-0.05, 0) is 24.6 Å². The molecule has 0 saturated carbocycles. The zero-order valence-electron chi connectivity index (χ0n) is 13.1. The molecule has 23 heavy (non-hydrogen) atoms. The minimum Gasteiger partial charge on any atom is -0.488 e. The smallest absolute Gasteiger partial charge is 0.356 e. The summed E-state index contributed by atoms with van der Waals surface area (Å²) in [6, 6.07) is 17.3. The number of aromatic nitrogens is 1. The summed E-state index contributed by atoms with van der Waals surface area (Å²) in [5.74, 6) is 0.147. The number of pyridine rings is 1. The van der Waals surface area contributed by atoms with Gasteiger partial charge in [-0.3, -0.25) is 0 Å². The lowest BCUT2D eigenvalue weighted by molar-refractivity contribution is 0.0594. The molecule has 0 spiro atoms. The number of fused-ring (bicyclic) bond motifs is 1. The minimum absolute atomic E-state index is 0.241. The molecule has 0 fully saturated rings. The van der Waals surface area contributed by atoms with Crippen molar-refractivity contribution in [3.8, 4) is 5.75 Å². The third kappa shape index (κ3) is 3.31. The van der Waals surface area contributed by atoms with E-state index < -0.39 is 5.97 Å². The van der Waals surface area contributed by atoms with Gasteiger partial charge in [0.1, 0.15) is 12.4 Å². The Kier molecular flexibility index (Phi) is 4.24. The predicted octanol–water partition coefficient (Wildman–Crippen LogP) is 3.91. The average molecular weight is 307 g/mol. The first-order valence-corrected chi connectivity index (χ1v) is 7.34. The molecule has 0 radical (unpaired) electrons. The number of carbonyl (C=O) groups is 1. The topological polar surface area (TPSA) is 48.4 Å². The number of esters is 1. The van der Waals surface area contributed by atoms with Gasteiger partial charge in [-0.25, -0.2) is 9.78 Å². The Morgan fingerprint density at radius 3 is 2.70 bits per heavy atom. The number of carbonyl (C=O) groups excluding carboxylic acids is 1. The van der Waals surface area contributed by atoms with Crippen LogP contribution in [0.3, 0.4) is 0 Å². The van der Waals surface area contributed by atoms with E-state index in [9.17, 15) is 4.79 Å². The van der Waals surface area contributed by atoms with Crippen LogP contribution in [0.1, 0.15) is 21.6 Å². The van der Waals surface area contributed by atoms with E-state index >= 15 is 0 Å². The number of para-hydroxylation sites is 1. The first-order chi connectivity index (χ1) is 11.2. The molecule has 2 aromatic carbocycles. The molecule has 116 valence electrons. The molecule has 0 aliphatic heterocycles. The largest absolute Gasteiger partial charge is 0.488 e. The van der Waals surface area contributed by atoms with Gasteiger partial charge < -0.3 is 9.47 Å². The molecule has 0 atom stereocenters. The van der Waals surface area contributed by atoms with Gasteiger partial charge in [0, 0.05) is 11.5 Å². The van der Waals surface area contributed by atoms with Crippen LogP contribution >= 0.6 is 0 Å². The molecule has 1 heterocycles. The van der Waals surface area contributed by atoms with Gasteiger partial charge in [0.15, 0.2) is 5.69 Å². The highest BCUT2D eigenvalue weighted by molar-refractivity contribution is 5.93. The number of hydrogen-bond acceptors (Lipinski definition) is 4. The number of benzene rings is 2. The fourth-order valence-electron chi connectivity index (χ4n) is 2.44. The molecule has 0 amide bonds. The summed E-state index contributed by atoms with van der Waals surface area (Å²) in [6.07, 6.45) is 0. The molecular formula is C19H17NO3. The maximum atomic E-state index is 11.8. The Morgan fingerprint density at radius 1 is 1.09 bits per heavy atom. The van der Waals surface area contributed by atoms with Crippen molar-refractivity contribution >= 4 is 16.9 Å². The van der Waals surface area contributed by atoms with Gasteiger partial charge in [0.2, 0.25) is 0 Å². The summed E-state index contributed by atoms with van der Waals surface area (Å²) in [5, 5.41) is 0.868. The van der Waals surface area contributed by atoms with E-state index in [-0.39, 0.29) is 5.69 Å². The zero-order valence-corrected chi connectivity index (χ0v) is 13.1. The van der Waals surface area contributed by atoms with E-state index in [0.29, 0.717) is 17.9 Å². The zero-order chi connectivity index (χ0) is 16.2. The molecule has 0 aliphatic rings. The molecule has 3 aromatic rings. The van der Waals surface area contributed by atoms with Crippen molar-refractivity contribution in [3.05, 3.63) is 71.4 Å². The van der Waals surface area contributed by atoms with Crippen molar-refractivity contribution in [2.75, 3.05) is 7.11 Å². The summed E-state index contributed by atoms with van der Waals surface area (Å²) in [5.41, 5.74) is 3.20. The van der Waals surface area contributed by atoms with Crippen molar-refractivity contribution in [1.82, 2.24) is 4.98 Å². The Bertz CT molecular complexity index is 858. The Morgan fingerprint density at radius 2 is 1.91 bits per heavy atom. The van der Waals surface area contributed by atoms with Gasteiger partial charge in [-0.2, -0.15) is 0 Å². The number of methoxy groups -OCH3 is 1. The molecule has 0 bridgehead atoms. The summed E-state index contributed by atoms with van der Waals surface area (Å²) in [7, 11) is 1.34. The van der Waals surface area contributed by atoms with Crippen LogP contribution < -0.4 is 4.74 Å². The predicted molar refractivity (Wildman–Crippen MR) is 88.6 cm³/mol. The molecule has 1 aromatic heterocycles. The summed E-state index contributed by atoms with van der Waals surface area (Å²) < 4.78 is 10.7. The van der Waals surface area contributed by atoms with Crippen LogP contribution in [0.4, 0.5) is 0 Å². The molecule has 4 nitrogen and oxygen atoms in total. The summed E-state index contributed by atoms with van der Waals surface area (Å²) in [6.45, 7) is 2.47. The highest BCUT2D eigenvalue weighted by Crippen LogP contribution is 2.26. The SMILES string of the molecule is COC(=O)c1cc(OCc2cccc(C)c2)c2ccccc2n1. The van der Waals surface area contributed by atoms with E-state index in [2.05, 4.69) is 11.1 Å². The van der Waals surface area contributed by atoms with E-state index in [0.717, 1.165) is 10.9 Å². The summed E-state index contributed by atoms with van der Waals surface area (Å²) >= 11 is 0. The average Bonchev–Trinajstić information content (AvgIpc) is 2.58. The van der Waals surface area contributed by atoms with Crippen molar-refractivity contribution in [2.45, 2.75) is 13.5 Å². The highest BCUT2D eigenvalue weighted by Gasteiger charge is 2.13. The van der Waals surface area contributed by atoms with Crippen LogP contribution in [0.15, 0.2) is 54.6 Å². The third-order valence-electron chi connectivity index (χ3n) is 3.55. The van der Waals surface area contributed by atoms with E-state index in [1.54, 1.807) is 6.07 Å². The number of rotatable bonds is 4. The quantitative estimate of drug-likeness (QED) is 0.686. The second-order valence-corrected chi connectivity index (χ2v) is 5.29. The number of ether oxygens (including phenoxy) is 2. The Balaban J connectivity index is 1.96. The van der Waals surface area contributed by atoms with Crippen molar-refractivity contribution in [2.24, 2.45) is 0 Å². The van der Waals surface area contributed by atoms with Crippen LogP contribution in [-0.2, 0) is 11.3 Å². The van der Waals surface area contributed by atoms with Gasteiger partial charge in [-0.15, -0.1) is 0 Å². The monoisotopic (exact) mass is 307 g/mol. The first-order valence-electron chi connectivity index (χ1n) is 7.34. The standard InChI is InChI=1S/C19H17NO3/c1-13-6-5-7-14(10-13)12-23-18-11-17(19(21)22-2)20-16-9-4-3-8-15(16)18/h3-11H,12H2,1-2H3. The van der Waals surface area contributed by atoms with Crippen molar-refractivity contribution in [3.63, 3.8) is 0 Å². The Hall–Kier alpha value is -2.88. The molecule has 0 saturated heterocycles. The lowest BCUT2D eigenvalue weighted by Crippen LogP contribution is -2.06. The molecule has 0 aliphatic carbocycles. The van der Waals surface area contributed by atoms with Crippen molar-refractivity contribution < 1.29 is 14.3 Å². The molecule has 0 N–H and O–H groups in total. The van der Waals surface area contributed by atoms with Crippen LogP contribution in [0, 0.1) is 6.92 Å². The van der Waals surface area contributed by atoms with Gasteiger partial charge in [0.25, 0.3) is 0 Å². The molecule has 0 unspecified atom stereocenters. The van der Waals surface area contributed by atoms with E-state index in [4.69, 9.17) is 9.47 Å². The van der Waals surface area contributed by atoms with Gasteiger partial charge in [-0.1, -0.05) is 42.0 Å². The summed E-state index contributed by atoms with van der Waals surface area (Å²) in [4.78, 5) is 16.1. The van der Waals surface area contributed by atoms with Crippen LogP contribution in [0.25, 0.3) is 10.9 Å². The molecular weight excluding hydrogens is 290 g/mol. The van der Waals surface area contributed by atoms with E-state index in [1.807, 2.05) is 49.4 Å². The third-order valence-corrected chi connectivity index (χ3v) is 3.55. The van der Waals surface area contributed by atoms with E-state index in [1.165, 1.54) is 12.7 Å². The lowest BCUT2D eigenvalue weighted by Gasteiger charge is -2.11. The van der Waals surface area contributed by atoms with Crippen LogP contribution in [-0.4, -0.2) is 18.1 Å². The second-order valence-electron chi connectivity index (χ2n) is 5.29. The second kappa shape index (κ2) is 6.48. The normalized spacial score (nSPS) is 10.5. The lowest BCUT2D eigenvalue weighted by atomic mass is 10.1. The fourth-order valence-corrected chi connectivity index (χ4v) is 2.44. The number of hydrogen-bond donors (Lipinski definition) is 0. The van der Waals surface area contributed by atoms with Gasteiger partial charge in [0.05, 0.1) is 12.6 Å². The fraction of sp³-hybridized carbons (Fsp3) is 0.158. The number of nitrogens with zero attached hydrogens (tertiary/aromatic N) is 1. The highest BCUT2D eigenvalue weighted by atomic mass is 16.5. The molecule has 3 rings (SSSR count). The maximum absolute atomic E-state index is 11.8. The Labute approximate surface area is 134 Å². The van der Waals surface area contributed by atoms with Gasteiger partial charge >= 0.3 is 5.97 Å².